The molecule has 19 heavy (non-hydrogen) atoms. The van der Waals surface area contributed by atoms with Gasteiger partial charge in [0.2, 0.25) is 0 Å². The van der Waals surface area contributed by atoms with Gasteiger partial charge < -0.3 is 11.1 Å². The Morgan fingerprint density at radius 3 is 2.53 bits per heavy atom. The Labute approximate surface area is 115 Å². The van der Waals surface area contributed by atoms with Crippen LogP contribution in [0.2, 0.25) is 0 Å². The quantitative estimate of drug-likeness (QED) is 0.630. The van der Waals surface area contributed by atoms with Crippen LogP contribution < -0.4 is 11.1 Å². The maximum atomic E-state index is 6.13. The van der Waals surface area contributed by atoms with E-state index in [0.29, 0.717) is 0 Å². The standard InChI is InChI=1S/C17H22N2/c18-17-11-15-7-2-1-6-14(15)10-16(17)12-19-9-8-13-4-3-5-13/h1-2,6-7,10-11,13,19H,3-5,8-9,12,18H2. The topological polar surface area (TPSA) is 38.0 Å². The number of nitrogen functional groups attached to an aromatic ring is 1. The van der Waals surface area contributed by atoms with E-state index in [2.05, 4.69) is 41.7 Å². The van der Waals surface area contributed by atoms with Gasteiger partial charge in [-0.25, -0.2) is 0 Å². The fourth-order valence-electron chi connectivity index (χ4n) is 2.77. The molecule has 1 aliphatic carbocycles. The molecule has 0 bridgehead atoms. The van der Waals surface area contributed by atoms with Gasteiger partial charge in [-0.3, -0.25) is 0 Å². The summed E-state index contributed by atoms with van der Waals surface area (Å²) in [5, 5.41) is 6.02. The molecule has 0 heterocycles. The van der Waals surface area contributed by atoms with Crippen molar-refractivity contribution in [1.29, 1.82) is 0 Å². The normalized spacial score (nSPS) is 15.6. The lowest BCUT2D eigenvalue weighted by Crippen LogP contribution is -2.21. The molecule has 2 aromatic rings. The van der Waals surface area contributed by atoms with Crippen molar-refractivity contribution >= 4 is 16.5 Å². The minimum atomic E-state index is 0.878. The molecule has 0 radical (unpaired) electrons. The van der Waals surface area contributed by atoms with Crippen molar-refractivity contribution in [3.63, 3.8) is 0 Å². The van der Waals surface area contributed by atoms with E-state index >= 15 is 0 Å². The predicted molar refractivity (Wildman–Crippen MR) is 82.0 cm³/mol. The molecule has 0 spiro atoms. The highest BCUT2D eigenvalue weighted by Gasteiger charge is 2.16. The Bertz CT molecular complexity index is 558. The second-order valence-electron chi connectivity index (χ2n) is 5.66. The van der Waals surface area contributed by atoms with Crippen LogP contribution in [0.1, 0.15) is 31.2 Å². The molecular formula is C17H22N2. The van der Waals surface area contributed by atoms with Gasteiger partial charge in [-0.15, -0.1) is 0 Å². The summed E-state index contributed by atoms with van der Waals surface area (Å²) in [4.78, 5) is 0. The highest BCUT2D eigenvalue weighted by atomic mass is 14.9. The fraction of sp³-hybridized carbons (Fsp3) is 0.412. The first kappa shape index (κ1) is 12.5. The number of hydrogen-bond acceptors (Lipinski definition) is 2. The van der Waals surface area contributed by atoms with Gasteiger partial charge in [0.05, 0.1) is 0 Å². The summed E-state index contributed by atoms with van der Waals surface area (Å²) >= 11 is 0. The lowest BCUT2D eigenvalue weighted by Gasteiger charge is -2.25. The summed E-state index contributed by atoms with van der Waals surface area (Å²) in [6.07, 6.45) is 5.61. The van der Waals surface area contributed by atoms with Crippen LogP contribution in [0.15, 0.2) is 36.4 Å². The second kappa shape index (κ2) is 5.62. The Hall–Kier alpha value is -1.54. The third kappa shape index (κ3) is 2.90. The van der Waals surface area contributed by atoms with Gasteiger partial charge in [-0.05, 0) is 47.4 Å². The van der Waals surface area contributed by atoms with Gasteiger partial charge in [0.15, 0.2) is 0 Å². The minimum Gasteiger partial charge on any atom is -0.398 e. The molecule has 2 aromatic carbocycles. The van der Waals surface area contributed by atoms with Crippen LogP contribution >= 0.6 is 0 Å². The number of hydrogen-bond donors (Lipinski definition) is 2. The van der Waals surface area contributed by atoms with Gasteiger partial charge in [0.1, 0.15) is 0 Å². The first-order valence-electron chi connectivity index (χ1n) is 7.31. The molecule has 1 fully saturated rings. The van der Waals surface area contributed by atoms with Gasteiger partial charge in [0.25, 0.3) is 0 Å². The average molecular weight is 254 g/mol. The largest absolute Gasteiger partial charge is 0.398 e. The third-order valence-corrected chi connectivity index (χ3v) is 4.28. The summed E-state index contributed by atoms with van der Waals surface area (Å²) in [5.74, 6) is 0.974. The Kier molecular flexibility index (Phi) is 3.69. The van der Waals surface area contributed by atoms with Crippen molar-refractivity contribution in [3.8, 4) is 0 Å². The first-order chi connectivity index (χ1) is 9.33. The van der Waals surface area contributed by atoms with Crippen LogP contribution in [-0.4, -0.2) is 6.54 Å². The van der Waals surface area contributed by atoms with Gasteiger partial charge in [0, 0.05) is 12.2 Å². The lowest BCUT2D eigenvalue weighted by atomic mass is 9.83. The zero-order chi connectivity index (χ0) is 13.1. The van der Waals surface area contributed by atoms with E-state index in [0.717, 1.165) is 24.7 Å². The number of rotatable bonds is 5. The van der Waals surface area contributed by atoms with Crippen molar-refractivity contribution in [2.75, 3.05) is 12.3 Å². The number of anilines is 1. The molecule has 0 unspecified atom stereocenters. The van der Waals surface area contributed by atoms with Gasteiger partial charge >= 0.3 is 0 Å². The third-order valence-electron chi connectivity index (χ3n) is 4.28. The highest BCUT2D eigenvalue weighted by molar-refractivity contribution is 5.86. The van der Waals surface area contributed by atoms with Crippen LogP contribution in [0, 0.1) is 5.92 Å². The smallest absolute Gasteiger partial charge is 0.0366 e. The molecule has 2 heteroatoms. The molecule has 0 atom stereocenters. The molecule has 0 amide bonds. The molecular weight excluding hydrogens is 232 g/mol. The molecule has 1 saturated carbocycles. The van der Waals surface area contributed by atoms with Crippen molar-refractivity contribution in [1.82, 2.24) is 5.32 Å². The van der Waals surface area contributed by atoms with Gasteiger partial charge in [-0.2, -0.15) is 0 Å². The summed E-state index contributed by atoms with van der Waals surface area (Å²) < 4.78 is 0. The van der Waals surface area contributed by atoms with Crippen LogP contribution in [0.25, 0.3) is 10.8 Å². The van der Waals surface area contributed by atoms with Crippen molar-refractivity contribution < 1.29 is 0 Å². The zero-order valence-electron chi connectivity index (χ0n) is 11.4. The summed E-state index contributed by atoms with van der Waals surface area (Å²) in [6.45, 7) is 1.99. The SMILES string of the molecule is Nc1cc2ccccc2cc1CNCCC1CCC1. The van der Waals surface area contributed by atoms with E-state index in [1.54, 1.807) is 0 Å². The summed E-state index contributed by atoms with van der Waals surface area (Å²) in [5.41, 5.74) is 8.24. The fourth-order valence-corrected chi connectivity index (χ4v) is 2.77. The van der Waals surface area contributed by atoms with E-state index in [-0.39, 0.29) is 0 Å². The van der Waals surface area contributed by atoms with E-state index < -0.39 is 0 Å². The monoisotopic (exact) mass is 254 g/mol. The molecule has 0 aliphatic heterocycles. The number of nitrogens with two attached hydrogens (primary N) is 1. The van der Waals surface area contributed by atoms with Crippen LogP contribution in [0.5, 0.6) is 0 Å². The maximum absolute atomic E-state index is 6.13. The number of benzene rings is 2. The maximum Gasteiger partial charge on any atom is 0.0366 e. The predicted octanol–water partition coefficient (Wildman–Crippen LogP) is 3.70. The molecule has 3 N–H and O–H groups in total. The molecule has 2 nitrogen and oxygen atoms in total. The molecule has 1 aliphatic rings. The Balaban J connectivity index is 1.61. The minimum absolute atomic E-state index is 0.878. The van der Waals surface area contributed by atoms with Crippen LogP contribution in [-0.2, 0) is 6.54 Å². The van der Waals surface area contributed by atoms with E-state index in [1.165, 1.54) is 42.0 Å². The van der Waals surface area contributed by atoms with Crippen LogP contribution in [0.3, 0.4) is 0 Å². The molecule has 100 valence electrons. The number of fused-ring (bicyclic) bond motifs is 1. The number of nitrogens with one attached hydrogen (secondary N) is 1. The molecule has 0 aromatic heterocycles. The highest BCUT2D eigenvalue weighted by Crippen LogP contribution is 2.28. The second-order valence-corrected chi connectivity index (χ2v) is 5.66. The Morgan fingerprint density at radius 2 is 1.84 bits per heavy atom. The van der Waals surface area contributed by atoms with Crippen LogP contribution in [0.4, 0.5) is 5.69 Å². The first-order valence-corrected chi connectivity index (χ1v) is 7.31. The molecule has 0 saturated heterocycles. The van der Waals surface area contributed by atoms with Crippen molar-refractivity contribution in [3.05, 3.63) is 42.0 Å². The van der Waals surface area contributed by atoms with Gasteiger partial charge in [-0.1, -0.05) is 43.5 Å². The van der Waals surface area contributed by atoms with E-state index in [9.17, 15) is 0 Å². The summed E-state index contributed by atoms with van der Waals surface area (Å²) in [7, 11) is 0. The summed E-state index contributed by atoms with van der Waals surface area (Å²) in [6, 6.07) is 12.7. The van der Waals surface area contributed by atoms with Crippen molar-refractivity contribution in [2.45, 2.75) is 32.2 Å². The van der Waals surface area contributed by atoms with Crippen molar-refractivity contribution in [2.24, 2.45) is 5.92 Å². The zero-order valence-corrected chi connectivity index (χ0v) is 11.4. The van der Waals surface area contributed by atoms with E-state index in [1.807, 2.05) is 0 Å². The lowest BCUT2D eigenvalue weighted by molar-refractivity contribution is 0.292. The van der Waals surface area contributed by atoms with E-state index in [4.69, 9.17) is 5.73 Å². The Morgan fingerprint density at radius 1 is 1.11 bits per heavy atom. The average Bonchev–Trinajstić information content (AvgIpc) is 2.36. The molecule has 3 rings (SSSR count).